The number of carbonyl (C=O) groups is 1. The highest BCUT2D eigenvalue weighted by atomic mass is 16.3. The summed E-state index contributed by atoms with van der Waals surface area (Å²) in [6.07, 6.45) is 0. The topological polar surface area (TPSA) is 63.3 Å². The van der Waals surface area contributed by atoms with Gasteiger partial charge in [0.2, 0.25) is 5.91 Å². The molecule has 0 aliphatic heterocycles. The van der Waals surface area contributed by atoms with E-state index in [4.69, 9.17) is 5.73 Å². The predicted octanol–water partition coefficient (Wildman–Crippen LogP) is 1.92. The first kappa shape index (κ1) is 10.6. The number of nitrogens with two attached hydrogens (primary N) is 1. The second-order valence-corrected chi connectivity index (χ2v) is 3.73. The van der Waals surface area contributed by atoms with Gasteiger partial charge < -0.3 is 10.8 Å². The molecule has 0 heterocycles. The summed E-state index contributed by atoms with van der Waals surface area (Å²) in [6.45, 7) is 5.67. The largest absolute Gasteiger partial charge is 0.508 e. The number of primary amides is 1. The molecule has 0 bridgehead atoms. The van der Waals surface area contributed by atoms with Crippen molar-refractivity contribution in [2.75, 3.05) is 0 Å². The number of hydrogen-bond acceptors (Lipinski definition) is 2. The molecule has 0 radical (unpaired) electrons. The van der Waals surface area contributed by atoms with E-state index in [9.17, 15) is 9.90 Å². The molecule has 3 N–H and O–H groups in total. The molecule has 0 aromatic heterocycles. The van der Waals surface area contributed by atoms with Crippen molar-refractivity contribution in [1.29, 1.82) is 0 Å². The van der Waals surface area contributed by atoms with Crippen molar-refractivity contribution >= 4 is 5.91 Å². The van der Waals surface area contributed by atoms with Crippen LogP contribution >= 0.6 is 0 Å². The van der Waals surface area contributed by atoms with E-state index in [2.05, 4.69) is 0 Å². The third-order valence-corrected chi connectivity index (χ3v) is 2.33. The molecule has 0 aliphatic rings. The lowest BCUT2D eigenvalue weighted by Gasteiger charge is -2.10. The smallest absolute Gasteiger partial charge is 0.249 e. The summed E-state index contributed by atoms with van der Waals surface area (Å²) in [5, 5.41) is 9.57. The van der Waals surface area contributed by atoms with E-state index in [1.54, 1.807) is 19.1 Å². The minimum absolute atomic E-state index is 0.130. The van der Waals surface area contributed by atoms with Crippen LogP contribution in [0.5, 0.6) is 5.75 Å². The first-order chi connectivity index (χ1) is 6.43. The molecular formula is C11H15NO2. The predicted molar refractivity (Wildman–Crippen MR) is 55.5 cm³/mol. The van der Waals surface area contributed by atoms with E-state index >= 15 is 0 Å². The van der Waals surface area contributed by atoms with Crippen LogP contribution in [0.15, 0.2) is 12.1 Å². The number of amides is 1. The molecule has 0 fully saturated rings. The minimum Gasteiger partial charge on any atom is -0.508 e. The molecular weight excluding hydrogens is 178 g/mol. The summed E-state index contributed by atoms with van der Waals surface area (Å²) < 4.78 is 0. The van der Waals surface area contributed by atoms with Gasteiger partial charge in [0, 0.05) is 11.1 Å². The molecule has 14 heavy (non-hydrogen) atoms. The lowest BCUT2D eigenvalue weighted by atomic mass is 9.97. The van der Waals surface area contributed by atoms with Gasteiger partial charge >= 0.3 is 0 Å². The maximum atomic E-state index is 11.1. The number of phenolic OH excluding ortho intramolecular Hbond substituents is 1. The first-order valence-electron chi connectivity index (χ1n) is 4.56. The monoisotopic (exact) mass is 193 g/mol. The quantitative estimate of drug-likeness (QED) is 0.753. The van der Waals surface area contributed by atoms with Gasteiger partial charge in [0.1, 0.15) is 5.75 Å². The Kier molecular flexibility index (Phi) is 2.79. The SMILES string of the molecule is Cc1c(O)cc(C(C)C)cc1C(N)=O. The lowest BCUT2D eigenvalue weighted by molar-refractivity contribution is 0.0999. The van der Waals surface area contributed by atoms with Crippen LogP contribution in [0.2, 0.25) is 0 Å². The maximum Gasteiger partial charge on any atom is 0.249 e. The highest BCUT2D eigenvalue weighted by Gasteiger charge is 2.12. The van der Waals surface area contributed by atoms with Crippen molar-refractivity contribution in [2.24, 2.45) is 5.73 Å². The molecule has 3 heteroatoms. The number of hydrogen-bond donors (Lipinski definition) is 2. The Morgan fingerprint density at radius 3 is 2.43 bits per heavy atom. The van der Waals surface area contributed by atoms with Crippen LogP contribution in [-0.4, -0.2) is 11.0 Å². The molecule has 1 amide bonds. The molecule has 1 rings (SSSR count). The zero-order valence-corrected chi connectivity index (χ0v) is 8.66. The standard InChI is InChI=1S/C11H15NO2/c1-6(2)8-4-9(11(12)14)7(3)10(13)5-8/h4-6,13H,1-3H3,(H2,12,14). The fraction of sp³-hybridized carbons (Fsp3) is 0.364. The number of rotatable bonds is 2. The van der Waals surface area contributed by atoms with E-state index in [1.807, 2.05) is 13.8 Å². The summed E-state index contributed by atoms with van der Waals surface area (Å²) in [6, 6.07) is 3.41. The fourth-order valence-electron chi connectivity index (χ4n) is 1.31. The molecule has 1 aromatic rings. The summed E-state index contributed by atoms with van der Waals surface area (Å²) >= 11 is 0. The Morgan fingerprint density at radius 2 is 2.00 bits per heavy atom. The van der Waals surface area contributed by atoms with Crippen molar-refractivity contribution in [1.82, 2.24) is 0 Å². The maximum absolute atomic E-state index is 11.1. The summed E-state index contributed by atoms with van der Waals surface area (Å²) in [5.41, 5.74) is 7.06. The van der Waals surface area contributed by atoms with Gasteiger partial charge in [-0.15, -0.1) is 0 Å². The van der Waals surface area contributed by atoms with Crippen LogP contribution in [0.25, 0.3) is 0 Å². The van der Waals surface area contributed by atoms with Crippen LogP contribution in [0, 0.1) is 6.92 Å². The zero-order valence-electron chi connectivity index (χ0n) is 8.66. The van der Waals surface area contributed by atoms with Crippen LogP contribution in [0.1, 0.15) is 41.3 Å². The molecule has 3 nitrogen and oxygen atoms in total. The number of aromatic hydroxyl groups is 1. The van der Waals surface area contributed by atoms with Gasteiger partial charge in [-0.2, -0.15) is 0 Å². The van der Waals surface area contributed by atoms with Crippen molar-refractivity contribution in [2.45, 2.75) is 26.7 Å². The van der Waals surface area contributed by atoms with Crippen molar-refractivity contribution in [3.05, 3.63) is 28.8 Å². The Bertz CT molecular complexity index is 370. The molecule has 76 valence electrons. The van der Waals surface area contributed by atoms with Gasteiger partial charge in [0.15, 0.2) is 0 Å². The second-order valence-electron chi connectivity index (χ2n) is 3.73. The summed E-state index contributed by atoms with van der Waals surface area (Å²) in [7, 11) is 0. The van der Waals surface area contributed by atoms with E-state index in [-0.39, 0.29) is 11.7 Å². The highest BCUT2D eigenvalue weighted by Crippen LogP contribution is 2.26. The number of carbonyl (C=O) groups excluding carboxylic acids is 1. The van der Waals surface area contributed by atoms with E-state index in [0.717, 1.165) is 5.56 Å². The van der Waals surface area contributed by atoms with Gasteiger partial charge in [-0.05, 0) is 30.5 Å². The molecule has 0 aliphatic carbocycles. The lowest BCUT2D eigenvalue weighted by Crippen LogP contribution is -2.13. The molecule has 0 spiro atoms. The number of benzene rings is 1. The Balaban J connectivity index is 3.35. The first-order valence-corrected chi connectivity index (χ1v) is 4.56. The molecule has 0 saturated carbocycles. The molecule has 0 saturated heterocycles. The highest BCUT2D eigenvalue weighted by molar-refractivity contribution is 5.95. The molecule has 0 unspecified atom stereocenters. The van der Waals surface area contributed by atoms with Crippen molar-refractivity contribution in [3.63, 3.8) is 0 Å². The summed E-state index contributed by atoms with van der Waals surface area (Å²) in [5.74, 6) is -0.107. The normalized spacial score (nSPS) is 10.6. The van der Waals surface area contributed by atoms with Crippen molar-refractivity contribution < 1.29 is 9.90 Å². The van der Waals surface area contributed by atoms with Gasteiger partial charge in [-0.1, -0.05) is 13.8 Å². The van der Waals surface area contributed by atoms with Crippen LogP contribution < -0.4 is 5.73 Å². The molecule has 1 aromatic carbocycles. The zero-order chi connectivity index (χ0) is 10.9. The van der Waals surface area contributed by atoms with Gasteiger partial charge in [-0.3, -0.25) is 4.79 Å². The van der Waals surface area contributed by atoms with Gasteiger partial charge in [-0.25, -0.2) is 0 Å². The Morgan fingerprint density at radius 1 is 1.43 bits per heavy atom. The van der Waals surface area contributed by atoms with Crippen LogP contribution in [0.3, 0.4) is 0 Å². The van der Waals surface area contributed by atoms with E-state index < -0.39 is 5.91 Å². The Hall–Kier alpha value is -1.51. The van der Waals surface area contributed by atoms with Gasteiger partial charge in [0.25, 0.3) is 0 Å². The summed E-state index contributed by atoms with van der Waals surface area (Å²) in [4.78, 5) is 11.1. The van der Waals surface area contributed by atoms with E-state index in [0.29, 0.717) is 11.1 Å². The average Bonchev–Trinajstić information content (AvgIpc) is 2.08. The third-order valence-electron chi connectivity index (χ3n) is 2.33. The van der Waals surface area contributed by atoms with Gasteiger partial charge in [0.05, 0.1) is 0 Å². The Labute approximate surface area is 83.6 Å². The average molecular weight is 193 g/mol. The van der Waals surface area contributed by atoms with Crippen LogP contribution in [0.4, 0.5) is 0 Å². The van der Waals surface area contributed by atoms with Crippen LogP contribution in [-0.2, 0) is 0 Å². The van der Waals surface area contributed by atoms with Crippen molar-refractivity contribution in [3.8, 4) is 5.75 Å². The third kappa shape index (κ3) is 1.87. The molecule has 0 atom stereocenters. The number of phenols is 1. The van der Waals surface area contributed by atoms with E-state index in [1.165, 1.54) is 0 Å². The second kappa shape index (κ2) is 3.70. The fourth-order valence-corrected chi connectivity index (χ4v) is 1.31. The minimum atomic E-state index is -0.500.